The Labute approximate surface area is 131 Å². The molecule has 3 aromatic rings. The summed E-state index contributed by atoms with van der Waals surface area (Å²) < 4.78 is 1.90. The molecule has 1 unspecified atom stereocenters. The van der Waals surface area contributed by atoms with Crippen molar-refractivity contribution in [2.24, 2.45) is 0 Å². The molecule has 1 aliphatic heterocycles. The topological polar surface area (TPSA) is 55.6 Å². The van der Waals surface area contributed by atoms with Crippen molar-refractivity contribution in [3.63, 3.8) is 0 Å². The molecular formula is C16H13N5S. The molecule has 1 N–H and O–H groups in total. The monoisotopic (exact) mass is 307 g/mol. The van der Waals surface area contributed by atoms with Gasteiger partial charge in [-0.25, -0.2) is 0 Å². The predicted molar refractivity (Wildman–Crippen MR) is 85.6 cm³/mol. The SMILES string of the molecule is c1ccc2c(c1)CCC1=C2Nc2nnnn2C1c1ccsc1. The normalized spacial score (nSPS) is 19.2. The first-order valence-corrected chi connectivity index (χ1v) is 8.24. The first-order chi connectivity index (χ1) is 10.9. The maximum atomic E-state index is 4.20. The fourth-order valence-corrected chi connectivity index (χ4v) is 4.13. The van der Waals surface area contributed by atoms with Gasteiger partial charge in [0.1, 0.15) is 6.04 Å². The van der Waals surface area contributed by atoms with E-state index in [2.05, 4.69) is 61.9 Å². The van der Waals surface area contributed by atoms with Crippen LogP contribution < -0.4 is 5.32 Å². The van der Waals surface area contributed by atoms with Crippen LogP contribution >= 0.6 is 11.3 Å². The third-order valence-corrected chi connectivity index (χ3v) is 5.14. The number of hydrogen-bond acceptors (Lipinski definition) is 5. The summed E-state index contributed by atoms with van der Waals surface area (Å²) in [5, 5.41) is 19.9. The molecule has 0 saturated heterocycles. The van der Waals surface area contributed by atoms with Crippen LogP contribution in [-0.4, -0.2) is 20.2 Å². The van der Waals surface area contributed by atoms with E-state index >= 15 is 0 Å². The van der Waals surface area contributed by atoms with Gasteiger partial charge in [-0.05, 0) is 56.8 Å². The Balaban J connectivity index is 1.76. The third kappa shape index (κ3) is 1.61. The second-order valence-corrected chi connectivity index (χ2v) is 6.37. The maximum Gasteiger partial charge on any atom is 0.248 e. The molecular weight excluding hydrogens is 294 g/mol. The van der Waals surface area contributed by atoms with Gasteiger partial charge in [0.05, 0.1) is 5.70 Å². The highest BCUT2D eigenvalue weighted by molar-refractivity contribution is 7.08. The number of hydrogen-bond donors (Lipinski definition) is 1. The summed E-state index contributed by atoms with van der Waals surface area (Å²) in [5.74, 6) is 0.714. The molecule has 1 aromatic carbocycles. The second kappa shape index (κ2) is 4.51. The van der Waals surface area contributed by atoms with Gasteiger partial charge in [-0.2, -0.15) is 16.0 Å². The summed E-state index contributed by atoms with van der Waals surface area (Å²) >= 11 is 1.71. The van der Waals surface area contributed by atoms with Gasteiger partial charge in [0.15, 0.2) is 0 Å². The van der Waals surface area contributed by atoms with E-state index in [-0.39, 0.29) is 6.04 Å². The van der Waals surface area contributed by atoms with Gasteiger partial charge >= 0.3 is 0 Å². The minimum Gasteiger partial charge on any atom is -0.322 e. The number of rotatable bonds is 1. The minimum atomic E-state index is 0.0980. The quantitative estimate of drug-likeness (QED) is 0.750. The van der Waals surface area contributed by atoms with Gasteiger partial charge in [0.2, 0.25) is 5.95 Å². The number of anilines is 1. The lowest BCUT2D eigenvalue weighted by Crippen LogP contribution is -2.27. The number of tetrazole rings is 1. The summed E-state index contributed by atoms with van der Waals surface area (Å²) in [6.07, 6.45) is 2.09. The highest BCUT2D eigenvalue weighted by Crippen LogP contribution is 2.43. The molecule has 2 aliphatic rings. The number of aryl methyl sites for hydroxylation is 1. The predicted octanol–water partition coefficient (Wildman–Crippen LogP) is 3.11. The first kappa shape index (κ1) is 12.1. The average Bonchev–Trinajstić information content (AvgIpc) is 3.24. The second-order valence-electron chi connectivity index (χ2n) is 5.59. The lowest BCUT2D eigenvalue weighted by Gasteiger charge is -2.33. The maximum absolute atomic E-state index is 4.20. The van der Waals surface area contributed by atoms with Crippen LogP contribution in [0.3, 0.4) is 0 Å². The number of thiophene rings is 1. The molecule has 3 heterocycles. The molecule has 0 fully saturated rings. The summed E-state index contributed by atoms with van der Waals surface area (Å²) in [6, 6.07) is 10.8. The average molecular weight is 307 g/mol. The van der Waals surface area contributed by atoms with E-state index in [1.807, 2.05) is 4.68 Å². The van der Waals surface area contributed by atoms with Crippen molar-refractivity contribution >= 4 is 23.0 Å². The lowest BCUT2D eigenvalue weighted by molar-refractivity contribution is 0.545. The third-order valence-electron chi connectivity index (χ3n) is 4.43. The van der Waals surface area contributed by atoms with Crippen molar-refractivity contribution in [2.45, 2.75) is 18.9 Å². The van der Waals surface area contributed by atoms with Crippen molar-refractivity contribution in [1.82, 2.24) is 20.2 Å². The van der Waals surface area contributed by atoms with Gasteiger partial charge in [-0.1, -0.05) is 29.4 Å². The fourth-order valence-electron chi connectivity index (χ4n) is 3.45. The lowest BCUT2D eigenvalue weighted by atomic mass is 9.83. The number of fused-ring (bicyclic) bond motifs is 3. The number of allylic oxidation sites excluding steroid dienone is 1. The number of aromatic nitrogens is 4. The van der Waals surface area contributed by atoms with Gasteiger partial charge in [0.25, 0.3) is 0 Å². The molecule has 5 nitrogen and oxygen atoms in total. The molecule has 0 saturated carbocycles. The molecule has 0 radical (unpaired) electrons. The zero-order valence-corrected chi connectivity index (χ0v) is 12.5. The van der Waals surface area contributed by atoms with E-state index in [0.29, 0.717) is 5.95 Å². The van der Waals surface area contributed by atoms with Crippen molar-refractivity contribution in [3.05, 3.63) is 63.4 Å². The van der Waals surface area contributed by atoms with Crippen molar-refractivity contribution in [2.75, 3.05) is 5.32 Å². The molecule has 0 bridgehead atoms. The van der Waals surface area contributed by atoms with E-state index < -0.39 is 0 Å². The molecule has 0 spiro atoms. The van der Waals surface area contributed by atoms with Crippen LogP contribution in [-0.2, 0) is 6.42 Å². The molecule has 6 heteroatoms. The van der Waals surface area contributed by atoms with Crippen LogP contribution in [0.25, 0.3) is 5.70 Å². The van der Waals surface area contributed by atoms with Crippen LogP contribution in [0.4, 0.5) is 5.95 Å². The fraction of sp³-hybridized carbons (Fsp3) is 0.188. The Morgan fingerprint density at radius 2 is 2.14 bits per heavy atom. The molecule has 108 valence electrons. The smallest absolute Gasteiger partial charge is 0.248 e. The number of nitrogens with one attached hydrogen (secondary N) is 1. The summed E-state index contributed by atoms with van der Waals surface area (Å²) in [4.78, 5) is 0. The van der Waals surface area contributed by atoms with Crippen molar-refractivity contribution in [1.29, 1.82) is 0 Å². The molecule has 2 aromatic heterocycles. The highest BCUT2D eigenvalue weighted by atomic mass is 32.1. The van der Waals surface area contributed by atoms with Crippen LogP contribution in [0, 0.1) is 0 Å². The van der Waals surface area contributed by atoms with E-state index in [0.717, 1.165) is 12.8 Å². The van der Waals surface area contributed by atoms with E-state index in [4.69, 9.17) is 0 Å². The first-order valence-electron chi connectivity index (χ1n) is 7.30. The highest BCUT2D eigenvalue weighted by Gasteiger charge is 2.34. The molecule has 0 amide bonds. The van der Waals surface area contributed by atoms with Crippen molar-refractivity contribution in [3.8, 4) is 0 Å². The largest absolute Gasteiger partial charge is 0.322 e. The Hall–Kier alpha value is -2.47. The Morgan fingerprint density at radius 3 is 3.05 bits per heavy atom. The molecule has 5 rings (SSSR count). The molecule has 1 aliphatic carbocycles. The summed E-state index contributed by atoms with van der Waals surface area (Å²) in [5.41, 5.74) is 6.47. The van der Waals surface area contributed by atoms with Gasteiger partial charge in [-0.15, -0.1) is 0 Å². The Bertz CT molecular complexity index is 878. The Kier molecular flexibility index (Phi) is 2.48. The van der Waals surface area contributed by atoms with Crippen molar-refractivity contribution < 1.29 is 0 Å². The summed E-state index contributed by atoms with van der Waals surface area (Å²) in [6.45, 7) is 0. The summed E-state index contributed by atoms with van der Waals surface area (Å²) in [7, 11) is 0. The van der Waals surface area contributed by atoms with E-state index in [9.17, 15) is 0 Å². The minimum absolute atomic E-state index is 0.0980. The van der Waals surface area contributed by atoms with Gasteiger partial charge in [-0.3, -0.25) is 0 Å². The zero-order valence-electron chi connectivity index (χ0n) is 11.7. The van der Waals surface area contributed by atoms with Crippen LogP contribution in [0.1, 0.15) is 29.2 Å². The van der Waals surface area contributed by atoms with Crippen LogP contribution in [0.15, 0.2) is 46.7 Å². The van der Waals surface area contributed by atoms with Crippen LogP contribution in [0.2, 0.25) is 0 Å². The molecule has 1 atom stereocenters. The number of benzene rings is 1. The van der Waals surface area contributed by atoms with E-state index in [1.54, 1.807) is 11.3 Å². The van der Waals surface area contributed by atoms with Gasteiger partial charge < -0.3 is 5.32 Å². The number of nitrogens with zero attached hydrogens (tertiary/aromatic N) is 4. The zero-order chi connectivity index (χ0) is 14.5. The van der Waals surface area contributed by atoms with Gasteiger partial charge in [0, 0.05) is 5.56 Å². The molecule has 22 heavy (non-hydrogen) atoms. The van der Waals surface area contributed by atoms with E-state index in [1.165, 1.54) is 28.0 Å². The van der Waals surface area contributed by atoms with Crippen LogP contribution in [0.5, 0.6) is 0 Å². The standard InChI is InChI=1S/C16H13N5S/c1-2-4-12-10(3-1)5-6-13-14(12)17-16-18-19-20-21(16)15(13)11-7-8-22-9-11/h1-4,7-9,15H,5-6H2,(H,17,18,20). The Morgan fingerprint density at radius 1 is 1.18 bits per heavy atom.